The highest BCUT2D eigenvalue weighted by Crippen LogP contribution is 2.32. The van der Waals surface area contributed by atoms with Crippen LogP contribution in [0.5, 0.6) is 0 Å². The van der Waals surface area contributed by atoms with Gasteiger partial charge in [0.2, 0.25) is 0 Å². The van der Waals surface area contributed by atoms with Crippen LogP contribution in [0.2, 0.25) is 0 Å². The first kappa shape index (κ1) is 13.1. The lowest BCUT2D eigenvalue weighted by Crippen LogP contribution is -2.15. The van der Waals surface area contributed by atoms with E-state index in [1.54, 1.807) is 0 Å². The summed E-state index contributed by atoms with van der Waals surface area (Å²) in [5.41, 5.74) is 0. The van der Waals surface area contributed by atoms with Crippen molar-refractivity contribution in [1.29, 1.82) is 0 Å². The number of hydrogen-bond donors (Lipinski definition) is 0. The lowest BCUT2D eigenvalue weighted by molar-refractivity contribution is -0.118. The fourth-order valence-electron chi connectivity index (χ4n) is 2.23. The second kappa shape index (κ2) is 7.32. The van der Waals surface area contributed by atoms with E-state index < -0.39 is 0 Å². The molecular formula is C13H24OS. The lowest BCUT2D eigenvalue weighted by Gasteiger charge is -2.26. The van der Waals surface area contributed by atoms with Gasteiger partial charge in [-0.3, -0.25) is 4.79 Å². The SMILES string of the molecule is CCC(=O)CCCSC1CCCC(C)C1. The molecule has 2 heteroatoms. The smallest absolute Gasteiger partial charge is 0.132 e. The molecule has 0 saturated heterocycles. The molecule has 0 aromatic rings. The Morgan fingerprint density at radius 2 is 2.20 bits per heavy atom. The maximum Gasteiger partial charge on any atom is 0.132 e. The largest absolute Gasteiger partial charge is 0.300 e. The van der Waals surface area contributed by atoms with Gasteiger partial charge in [0.05, 0.1) is 0 Å². The Kier molecular flexibility index (Phi) is 6.39. The van der Waals surface area contributed by atoms with Crippen molar-refractivity contribution in [1.82, 2.24) is 0 Å². The molecule has 0 N–H and O–H groups in total. The molecule has 0 amide bonds. The minimum absolute atomic E-state index is 0.424. The van der Waals surface area contributed by atoms with Crippen LogP contribution in [0.3, 0.4) is 0 Å². The van der Waals surface area contributed by atoms with Gasteiger partial charge < -0.3 is 0 Å². The number of carbonyl (C=O) groups excluding carboxylic acids is 1. The summed E-state index contributed by atoms with van der Waals surface area (Å²) < 4.78 is 0. The highest BCUT2D eigenvalue weighted by molar-refractivity contribution is 7.99. The molecule has 88 valence electrons. The maximum atomic E-state index is 11.1. The van der Waals surface area contributed by atoms with Crippen LogP contribution in [0, 0.1) is 5.92 Å². The highest BCUT2D eigenvalue weighted by atomic mass is 32.2. The zero-order valence-corrected chi connectivity index (χ0v) is 10.9. The Morgan fingerprint density at radius 1 is 1.40 bits per heavy atom. The van der Waals surface area contributed by atoms with Crippen LogP contribution in [0.25, 0.3) is 0 Å². The summed E-state index contributed by atoms with van der Waals surface area (Å²) in [4.78, 5) is 11.1. The van der Waals surface area contributed by atoms with Crippen LogP contribution in [0.4, 0.5) is 0 Å². The van der Waals surface area contributed by atoms with Crippen LogP contribution >= 0.6 is 11.8 Å². The van der Waals surface area contributed by atoms with Gasteiger partial charge in [-0.15, -0.1) is 0 Å². The molecule has 1 aliphatic carbocycles. The van der Waals surface area contributed by atoms with Crippen molar-refractivity contribution in [3.05, 3.63) is 0 Å². The van der Waals surface area contributed by atoms with Crippen LogP contribution in [0.15, 0.2) is 0 Å². The quantitative estimate of drug-likeness (QED) is 0.638. The Morgan fingerprint density at radius 3 is 2.87 bits per heavy atom. The second-order valence-corrected chi connectivity index (χ2v) is 6.17. The summed E-state index contributed by atoms with van der Waals surface area (Å²) in [6.07, 6.45) is 8.22. The van der Waals surface area contributed by atoms with Crippen LogP contribution in [-0.4, -0.2) is 16.8 Å². The minimum atomic E-state index is 0.424. The van der Waals surface area contributed by atoms with E-state index in [1.165, 1.54) is 31.4 Å². The van der Waals surface area contributed by atoms with Gasteiger partial charge in [-0.2, -0.15) is 11.8 Å². The molecule has 0 heterocycles. The number of hydrogen-bond acceptors (Lipinski definition) is 2. The summed E-state index contributed by atoms with van der Waals surface area (Å²) in [6, 6.07) is 0. The fraction of sp³-hybridized carbons (Fsp3) is 0.923. The maximum absolute atomic E-state index is 11.1. The van der Waals surface area contributed by atoms with Crippen molar-refractivity contribution < 1.29 is 4.79 Å². The molecule has 2 unspecified atom stereocenters. The van der Waals surface area contributed by atoms with E-state index in [-0.39, 0.29) is 0 Å². The molecule has 0 bridgehead atoms. The molecule has 15 heavy (non-hydrogen) atoms. The van der Waals surface area contributed by atoms with E-state index in [4.69, 9.17) is 0 Å². The molecule has 2 atom stereocenters. The van der Waals surface area contributed by atoms with Crippen molar-refractivity contribution in [3.63, 3.8) is 0 Å². The molecule has 0 aromatic carbocycles. The minimum Gasteiger partial charge on any atom is -0.300 e. The van der Waals surface area contributed by atoms with E-state index in [2.05, 4.69) is 18.7 Å². The molecule has 1 nitrogen and oxygen atoms in total. The number of carbonyl (C=O) groups is 1. The van der Waals surface area contributed by atoms with E-state index in [1.807, 2.05) is 6.92 Å². The Hall–Kier alpha value is 0.0200. The third-order valence-electron chi connectivity index (χ3n) is 3.24. The highest BCUT2D eigenvalue weighted by Gasteiger charge is 2.18. The second-order valence-electron chi connectivity index (χ2n) is 4.76. The molecular weight excluding hydrogens is 204 g/mol. The third kappa shape index (κ3) is 5.60. The van der Waals surface area contributed by atoms with Crippen molar-refractivity contribution in [2.75, 3.05) is 5.75 Å². The van der Waals surface area contributed by atoms with Gasteiger partial charge in [0.25, 0.3) is 0 Å². The van der Waals surface area contributed by atoms with Gasteiger partial charge in [-0.25, -0.2) is 0 Å². The Labute approximate surface area is 98.4 Å². The molecule has 1 fully saturated rings. The summed E-state index contributed by atoms with van der Waals surface area (Å²) in [5.74, 6) is 2.53. The topological polar surface area (TPSA) is 17.1 Å². The first-order valence-electron chi connectivity index (χ1n) is 6.35. The zero-order valence-electron chi connectivity index (χ0n) is 10.1. The molecule has 0 aliphatic heterocycles. The van der Waals surface area contributed by atoms with Gasteiger partial charge in [-0.1, -0.05) is 26.7 Å². The lowest BCUT2D eigenvalue weighted by atomic mass is 9.91. The third-order valence-corrected chi connectivity index (χ3v) is 4.66. The first-order valence-corrected chi connectivity index (χ1v) is 7.40. The van der Waals surface area contributed by atoms with Crippen LogP contribution in [0.1, 0.15) is 58.8 Å². The van der Waals surface area contributed by atoms with Crippen LogP contribution in [-0.2, 0) is 4.79 Å². The van der Waals surface area contributed by atoms with E-state index in [0.717, 1.165) is 24.0 Å². The molecule has 0 radical (unpaired) electrons. The van der Waals surface area contributed by atoms with Crippen molar-refractivity contribution in [2.24, 2.45) is 5.92 Å². The van der Waals surface area contributed by atoms with Gasteiger partial charge >= 0.3 is 0 Å². The molecule has 1 rings (SSSR count). The predicted octanol–water partition coefficient (Wildman–Crippen LogP) is 4.06. The van der Waals surface area contributed by atoms with Crippen molar-refractivity contribution >= 4 is 17.5 Å². The number of rotatable bonds is 6. The fourth-order valence-corrected chi connectivity index (χ4v) is 3.67. The Bertz CT molecular complexity index is 191. The van der Waals surface area contributed by atoms with Gasteiger partial charge in [-0.05, 0) is 30.9 Å². The number of ketones is 1. The van der Waals surface area contributed by atoms with Crippen LogP contribution < -0.4 is 0 Å². The monoisotopic (exact) mass is 228 g/mol. The summed E-state index contributed by atoms with van der Waals surface area (Å²) in [5, 5.41) is 0.880. The average molecular weight is 228 g/mol. The normalized spacial score (nSPS) is 26.5. The van der Waals surface area contributed by atoms with E-state index in [9.17, 15) is 4.79 Å². The molecule has 1 aliphatic rings. The van der Waals surface area contributed by atoms with Crippen molar-refractivity contribution in [2.45, 2.75) is 64.0 Å². The zero-order chi connectivity index (χ0) is 11.1. The van der Waals surface area contributed by atoms with Crippen molar-refractivity contribution in [3.8, 4) is 0 Å². The summed E-state index contributed by atoms with van der Waals surface area (Å²) in [6.45, 7) is 4.33. The summed E-state index contributed by atoms with van der Waals surface area (Å²) in [7, 11) is 0. The molecule has 0 spiro atoms. The van der Waals surface area contributed by atoms with E-state index >= 15 is 0 Å². The number of thioether (sulfide) groups is 1. The van der Waals surface area contributed by atoms with E-state index in [0.29, 0.717) is 12.2 Å². The number of Topliss-reactive ketones (excluding diaryl/α,β-unsaturated/α-hetero) is 1. The van der Waals surface area contributed by atoms with Gasteiger partial charge in [0.15, 0.2) is 0 Å². The average Bonchev–Trinajstić information content (AvgIpc) is 2.24. The first-order chi connectivity index (χ1) is 7.22. The summed E-state index contributed by atoms with van der Waals surface area (Å²) >= 11 is 2.10. The molecule has 0 aromatic heterocycles. The molecule has 1 saturated carbocycles. The van der Waals surface area contributed by atoms with Gasteiger partial charge in [0, 0.05) is 18.1 Å². The Balaban J connectivity index is 2.02. The standard InChI is InChI=1S/C13H24OS/c1-3-12(14)7-5-9-15-13-8-4-6-11(2)10-13/h11,13H,3-10H2,1-2H3. The predicted molar refractivity (Wildman–Crippen MR) is 68.4 cm³/mol. The van der Waals surface area contributed by atoms with Gasteiger partial charge in [0.1, 0.15) is 5.78 Å².